The molecule has 0 spiro atoms. The van der Waals surface area contributed by atoms with E-state index in [1.54, 1.807) is 34.1 Å². The molecule has 2 aliphatic rings. The van der Waals surface area contributed by atoms with Gasteiger partial charge in [-0.1, -0.05) is 41.7 Å². The quantitative estimate of drug-likeness (QED) is 0.221. The Morgan fingerprint density at radius 1 is 1.22 bits per heavy atom. The molecule has 14 heteroatoms. The lowest BCUT2D eigenvalue weighted by Crippen LogP contribution is -2.66. The number of aromatic nitrogens is 2. The third-order valence-corrected chi connectivity index (χ3v) is 8.96. The van der Waals surface area contributed by atoms with Crippen molar-refractivity contribution >= 4 is 44.5 Å². The Morgan fingerprint density at radius 3 is 2.74 bits per heavy atom. The zero-order valence-corrected chi connectivity index (χ0v) is 26.0. The molecule has 238 valence electrons. The van der Waals surface area contributed by atoms with E-state index < -0.39 is 18.2 Å². The number of benzene rings is 2. The number of ether oxygens (including phenoxy) is 1. The minimum Gasteiger partial charge on any atom is -0.506 e. The maximum Gasteiger partial charge on any atom is 0.332 e. The van der Waals surface area contributed by atoms with E-state index in [2.05, 4.69) is 21.9 Å². The van der Waals surface area contributed by atoms with Gasteiger partial charge in [-0.05, 0) is 41.5 Å². The molecule has 4 aromatic rings. The first-order valence-corrected chi connectivity index (χ1v) is 15.5. The van der Waals surface area contributed by atoms with Gasteiger partial charge in [-0.25, -0.2) is 9.78 Å². The van der Waals surface area contributed by atoms with Crippen molar-refractivity contribution in [2.24, 2.45) is 0 Å². The number of methoxy groups -OCH3 is 1. The average Bonchev–Trinajstić information content (AvgIpc) is 3.60. The number of nitrogens with two attached hydrogens (primary N) is 1. The molecule has 4 heterocycles. The number of aromatic hydroxyl groups is 1. The van der Waals surface area contributed by atoms with Gasteiger partial charge in [-0.2, -0.15) is 5.01 Å². The minimum atomic E-state index is -0.888. The lowest BCUT2D eigenvalue weighted by atomic mass is 10.0. The Bertz CT molecular complexity index is 1760. The molecule has 2 aliphatic heterocycles. The number of amides is 4. The summed E-state index contributed by atoms with van der Waals surface area (Å²) < 4.78 is 6.13. The second-order valence-corrected chi connectivity index (χ2v) is 12.1. The van der Waals surface area contributed by atoms with Crippen molar-refractivity contribution in [3.63, 3.8) is 0 Å². The van der Waals surface area contributed by atoms with Crippen LogP contribution in [0.1, 0.15) is 16.8 Å². The molecule has 4 amide bonds. The standard InChI is InChI=1S/C32H34N8O5S/c1-3-13-38(32(44)35-15-20-7-11-24(45-2)12-8-20)39-19-28(42)40-25(14-22-9-10-23(41)16-34-22)30(43)37(18-27(39)40)17-21-5-4-6-26-29(21)36-31(33)46-26/h3-12,16,25,27,41H,1,13-15,17-19H2,2H3,(H2,33,36)(H,35,44)/t25-,27+/m0/s1. The molecule has 0 saturated carbocycles. The number of hydrogen-bond donors (Lipinski definition) is 3. The van der Waals surface area contributed by atoms with E-state index in [1.807, 2.05) is 42.5 Å². The number of piperazine rings is 1. The van der Waals surface area contributed by atoms with Crippen molar-refractivity contribution < 1.29 is 24.2 Å². The molecule has 2 fully saturated rings. The van der Waals surface area contributed by atoms with Crippen LogP contribution in [0.2, 0.25) is 0 Å². The Balaban J connectivity index is 1.30. The second-order valence-electron chi connectivity index (χ2n) is 11.0. The molecule has 0 aliphatic carbocycles. The van der Waals surface area contributed by atoms with Crippen LogP contribution in [0.5, 0.6) is 11.5 Å². The van der Waals surface area contributed by atoms with Gasteiger partial charge in [0.25, 0.3) is 0 Å². The van der Waals surface area contributed by atoms with Gasteiger partial charge in [-0.3, -0.25) is 19.6 Å². The molecule has 2 atom stereocenters. The number of hydrogen-bond acceptors (Lipinski definition) is 10. The van der Waals surface area contributed by atoms with Crippen LogP contribution < -0.4 is 15.8 Å². The molecule has 0 radical (unpaired) electrons. The number of nitrogen functional groups attached to an aromatic ring is 1. The summed E-state index contributed by atoms with van der Waals surface area (Å²) in [7, 11) is 1.59. The van der Waals surface area contributed by atoms with E-state index in [4.69, 9.17) is 10.5 Å². The number of carbonyl (C=O) groups excluding carboxylic acids is 3. The lowest BCUT2D eigenvalue weighted by Gasteiger charge is -2.46. The Morgan fingerprint density at radius 2 is 2.02 bits per heavy atom. The fourth-order valence-electron chi connectivity index (χ4n) is 5.92. The van der Waals surface area contributed by atoms with Crippen LogP contribution in [0, 0.1) is 0 Å². The van der Waals surface area contributed by atoms with Crippen molar-refractivity contribution in [2.45, 2.75) is 31.7 Å². The Hall–Kier alpha value is -5.21. The number of hydrazine groups is 1. The van der Waals surface area contributed by atoms with Gasteiger partial charge in [0.2, 0.25) is 11.8 Å². The van der Waals surface area contributed by atoms with Crippen LogP contribution in [-0.4, -0.2) is 91.7 Å². The number of urea groups is 1. The molecule has 6 rings (SSSR count). The van der Waals surface area contributed by atoms with Crippen LogP contribution in [0.15, 0.2) is 73.4 Å². The first-order valence-electron chi connectivity index (χ1n) is 14.7. The third-order valence-electron chi connectivity index (χ3n) is 8.11. The second kappa shape index (κ2) is 13.0. The summed E-state index contributed by atoms with van der Waals surface area (Å²) in [6.45, 7) is 4.51. The molecular weight excluding hydrogens is 608 g/mol. The molecule has 0 unspecified atom stereocenters. The molecular formula is C32H34N8O5S. The summed E-state index contributed by atoms with van der Waals surface area (Å²) >= 11 is 1.37. The molecule has 2 saturated heterocycles. The van der Waals surface area contributed by atoms with Crippen molar-refractivity contribution in [1.82, 2.24) is 35.1 Å². The number of nitrogens with one attached hydrogen (secondary N) is 1. The SMILES string of the molecule is C=CCN(C(=O)NCc1ccc(OC)cc1)N1CC(=O)N2[C@@H](Cc3ccc(O)cn3)C(=O)N(Cc3cccc4sc(N)nc34)C[C@@H]21. The van der Waals surface area contributed by atoms with Gasteiger partial charge in [0.15, 0.2) is 5.13 Å². The van der Waals surface area contributed by atoms with Gasteiger partial charge in [-0.15, -0.1) is 6.58 Å². The number of nitrogens with zero attached hydrogens (tertiary/aromatic N) is 6. The molecule has 2 aromatic carbocycles. The largest absolute Gasteiger partial charge is 0.506 e. The van der Waals surface area contributed by atoms with E-state index in [1.165, 1.54) is 28.6 Å². The first-order chi connectivity index (χ1) is 22.2. The third kappa shape index (κ3) is 6.17. The lowest BCUT2D eigenvalue weighted by molar-refractivity contribution is -0.157. The normalized spacial score (nSPS) is 18.1. The number of rotatable bonds is 10. The summed E-state index contributed by atoms with van der Waals surface area (Å²) in [4.78, 5) is 53.5. The number of para-hydroxylation sites is 1. The molecule has 46 heavy (non-hydrogen) atoms. The van der Waals surface area contributed by atoms with Crippen LogP contribution in [-0.2, 0) is 29.1 Å². The van der Waals surface area contributed by atoms with Gasteiger partial charge in [0, 0.05) is 25.2 Å². The summed E-state index contributed by atoms with van der Waals surface area (Å²) in [5.41, 5.74) is 8.96. The van der Waals surface area contributed by atoms with E-state index >= 15 is 0 Å². The van der Waals surface area contributed by atoms with Crippen molar-refractivity contribution in [3.8, 4) is 11.5 Å². The number of anilines is 1. The number of fused-ring (bicyclic) bond motifs is 2. The highest BCUT2D eigenvalue weighted by molar-refractivity contribution is 7.22. The van der Waals surface area contributed by atoms with E-state index in [0.717, 1.165) is 21.3 Å². The zero-order valence-electron chi connectivity index (χ0n) is 25.2. The maximum absolute atomic E-state index is 14.1. The van der Waals surface area contributed by atoms with Crippen molar-refractivity contribution in [2.75, 3.05) is 32.5 Å². The topological polar surface area (TPSA) is 157 Å². The minimum absolute atomic E-state index is 0.00185. The van der Waals surface area contributed by atoms with Gasteiger partial charge in [0.1, 0.15) is 23.7 Å². The zero-order chi connectivity index (χ0) is 32.4. The van der Waals surface area contributed by atoms with Crippen molar-refractivity contribution in [1.29, 1.82) is 0 Å². The van der Waals surface area contributed by atoms with E-state index in [-0.39, 0.29) is 56.7 Å². The fourth-order valence-corrected chi connectivity index (χ4v) is 6.70. The van der Waals surface area contributed by atoms with Crippen LogP contribution in [0.4, 0.5) is 9.93 Å². The summed E-state index contributed by atoms with van der Waals surface area (Å²) in [5, 5.41) is 16.3. The van der Waals surface area contributed by atoms with Crippen LogP contribution in [0.3, 0.4) is 0 Å². The van der Waals surface area contributed by atoms with Crippen LogP contribution >= 0.6 is 11.3 Å². The number of thiazole rings is 1. The Labute approximate surface area is 269 Å². The smallest absolute Gasteiger partial charge is 0.332 e. The first kappa shape index (κ1) is 30.8. The van der Waals surface area contributed by atoms with E-state index in [9.17, 15) is 19.5 Å². The Kier molecular flexibility index (Phi) is 8.72. The summed E-state index contributed by atoms with van der Waals surface area (Å²) in [5.74, 6) is 0.175. The molecule has 0 bridgehead atoms. The number of carbonyl (C=O) groups is 3. The fraction of sp³-hybridized carbons (Fsp3) is 0.281. The summed E-state index contributed by atoms with van der Waals surface area (Å²) in [6.07, 6.45) is 2.39. The highest BCUT2D eigenvalue weighted by Gasteiger charge is 2.52. The van der Waals surface area contributed by atoms with Gasteiger partial charge >= 0.3 is 6.03 Å². The average molecular weight is 643 g/mol. The predicted molar refractivity (Wildman–Crippen MR) is 172 cm³/mol. The molecule has 2 aromatic heterocycles. The molecule has 4 N–H and O–H groups in total. The summed E-state index contributed by atoms with van der Waals surface area (Å²) in [6, 6.07) is 14.9. The highest BCUT2D eigenvalue weighted by atomic mass is 32.1. The molecule has 13 nitrogen and oxygen atoms in total. The highest BCUT2D eigenvalue weighted by Crippen LogP contribution is 2.32. The van der Waals surface area contributed by atoms with E-state index in [0.29, 0.717) is 16.6 Å². The van der Waals surface area contributed by atoms with Crippen LogP contribution in [0.25, 0.3) is 10.2 Å². The van der Waals surface area contributed by atoms with Crippen molar-refractivity contribution in [3.05, 3.63) is 90.3 Å². The monoisotopic (exact) mass is 642 g/mol. The number of pyridine rings is 1. The predicted octanol–water partition coefficient (Wildman–Crippen LogP) is 2.72. The van der Waals surface area contributed by atoms with Gasteiger partial charge < -0.3 is 30.7 Å². The van der Waals surface area contributed by atoms with Gasteiger partial charge in [0.05, 0.1) is 43.2 Å². The maximum atomic E-state index is 14.1.